The molecule has 0 fully saturated rings. The normalized spacial score (nSPS) is 14.3. The summed E-state index contributed by atoms with van der Waals surface area (Å²) in [6, 6.07) is 13.5. The minimum atomic E-state index is -2.46. The lowest BCUT2D eigenvalue weighted by molar-refractivity contribution is -0.133. The Morgan fingerprint density at radius 1 is 1.04 bits per heavy atom. The molecule has 5 heteroatoms. The van der Waals surface area contributed by atoms with Gasteiger partial charge in [-0.1, -0.05) is 49.4 Å². The average Bonchev–Trinajstić information content (AvgIpc) is 2.98. The molecule has 3 rings (SSSR count). The highest BCUT2D eigenvalue weighted by molar-refractivity contribution is 7.71. The van der Waals surface area contributed by atoms with Gasteiger partial charge in [0, 0.05) is 5.57 Å². The van der Waals surface area contributed by atoms with E-state index in [1.807, 2.05) is 49.4 Å². The molecule has 0 atom stereocenters. The lowest BCUT2D eigenvalue weighted by Gasteiger charge is -2.09. The third-order valence-corrected chi connectivity index (χ3v) is 5.09. The molecule has 0 saturated heterocycles. The van der Waals surface area contributed by atoms with Gasteiger partial charge in [-0.3, -0.25) is 0 Å². The maximum Gasteiger partial charge on any atom is 0.339 e. The molecule has 0 amide bonds. The summed E-state index contributed by atoms with van der Waals surface area (Å²) < 4.78 is 27.2. The lowest BCUT2D eigenvalue weighted by Crippen LogP contribution is -1.98. The second-order valence-electron chi connectivity index (χ2n) is 6.11. The quantitative estimate of drug-likeness (QED) is 0.660. The maximum absolute atomic E-state index is 12.3. The molecule has 0 spiro atoms. The van der Waals surface area contributed by atoms with Gasteiger partial charge in [-0.15, -0.1) is 0 Å². The van der Waals surface area contributed by atoms with Crippen molar-refractivity contribution in [3.05, 3.63) is 70.3 Å². The van der Waals surface area contributed by atoms with Crippen LogP contribution in [0.5, 0.6) is 0 Å². The van der Waals surface area contributed by atoms with Crippen molar-refractivity contribution in [3.8, 4) is 0 Å². The zero-order chi connectivity index (χ0) is 18.0. The van der Waals surface area contributed by atoms with Gasteiger partial charge in [0.05, 0.1) is 11.3 Å². The molecule has 25 heavy (non-hydrogen) atoms. The zero-order valence-electron chi connectivity index (χ0n) is 14.2. The molecular weight excluding hydrogens is 336 g/mol. The van der Waals surface area contributed by atoms with Gasteiger partial charge in [0.2, 0.25) is 0 Å². The van der Waals surface area contributed by atoms with Gasteiger partial charge < -0.3 is 4.74 Å². The van der Waals surface area contributed by atoms with Gasteiger partial charge in [0.1, 0.15) is 17.3 Å². The number of rotatable bonds is 5. The van der Waals surface area contributed by atoms with E-state index in [4.69, 9.17) is 4.74 Å². The topological polar surface area (TPSA) is 60.4 Å². The van der Waals surface area contributed by atoms with Gasteiger partial charge in [-0.05, 0) is 41.2 Å². The number of hydrogen-bond acceptors (Lipinski definition) is 4. The highest BCUT2D eigenvalue weighted by atomic mass is 32.2. The number of esters is 1. The Morgan fingerprint density at radius 3 is 2.32 bits per heavy atom. The van der Waals surface area contributed by atoms with Crippen LogP contribution in [0.15, 0.2) is 42.5 Å². The van der Waals surface area contributed by atoms with Crippen LogP contribution in [0, 0.1) is 6.92 Å². The fourth-order valence-electron chi connectivity index (χ4n) is 3.03. The van der Waals surface area contributed by atoms with Crippen LogP contribution in [0.1, 0.15) is 34.7 Å². The Kier molecular flexibility index (Phi) is 5.04. The predicted molar refractivity (Wildman–Crippen MR) is 98.8 cm³/mol. The smallest absolute Gasteiger partial charge is 0.339 e. The minimum Gasteiger partial charge on any atom is -0.457 e. The van der Waals surface area contributed by atoms with Crippen molar-refractivity contribution in [2.45, 2.75) is 26.0 Å². The molecule has 130 valence electrons. The van der Waals surface area contributed by atoms with Crippen molar-refractivity contribution in [2.75, 3.05) is 6.61 Å². The van der Waals surface area contributed by atoms with E-state index in [-0.39, 0.29) is 18.3 Å². The number of thiol groups is 1. The van der Waals surface area contributed by atoms with Crippen molar-refractivity contribution in [1.29, 1.82) is 0 Å². The summed E-state index contributed by atoms with van der Waals surface area (Å²) in [5, 5.41) is 0. The van der Waals surface area contributed by atoms with Gasteiger partial charge >= 0.3 is 5.97 Å². The van der Waals surface area contributed by atoms with E-state index >= 15 is 0 Å². The van der Waals surface area contributed by atoms with Gasteiger partial charge in [0.25, 0.3) is 0 Å². The molecule has 0 bridgehead atoms. The third-order valence-electron chi connectivity index (χ3n) is 4.49. The van der Waals surface area contributed by atoms with Crippen LogP contribution in [0.25, 0.3) is 11.1 Å². The van der Waals surface area contributed by atoms with Crippen LogP contribution in [0.4, 0.5) is 0 Å². The first-order chi connectivity index (χ1) is 12.0. The van der Waals surface area contributed by atoms with Gasteiger partial charge in [0.15, 0.2) is 0 Å². The van der Waals surface area contributed by atoms with Gasteiger partial charge in [-0.25, -0.2) is 13.2 Å². The Hall–Kier alpha value is -2.40. The average molecular weight is 356 g/mol. The van der Waals surface area contributed by atoms with E-state index in [1.54, 1.807) is 0 Å². The van der Waals surface area contributed by atoms with Crippen LogP contribution < -0.4 is 0 Å². The summed E-state index contributed by atoms with van der Waals surface area (Å²) in [6.07, 6.45) is 0.944. The maximum atomic E-state index is 12.3. The SMILES string of the molecule is CCc1ccc(C2=C(c3ccc(C[SH](=O)=O)c(C)c3)COC2=O)cc1. The van der Waals surface area contributed by atoms with E-state index < -0.39 is 10.7 Å². The summed E-state index contributed by atoms with van der Waals surface area (Å²) in [5.74, 6) is -0.287. The monoisotopic (exact) mass is 356 g/mol. The molecule has 1 heterocycles. The highest BCUT2D eigenvalue weighted by Gasteiger charge is 2.27. The van der Waals surface area contributed by atoms with Crippen LogP contribution in [0.2, 0.25) is 0 Å². The van der Waals surface area contributed by atoms with Crippen LogP contribution >= 0.6 is 0 Å². The molecule has 1 aliphatic rings. The Balaban J connectivity index is 2.04. The molecule has 4 nitrogen and oxygen atoms in total. The predicted octanol–water partition coefficient (Wildman–Crippen LogP) is 3.14. The zero-order valence-corrected chi connectivity index (χ0v) is 15.1. The van der Waals surface area contributed by atoms with Crippen molar-refractivity contribution in [3.63, 3.8) is 0 Å². The Morgan fingerprint density at radius 2 is 1.72 bits per heavy atom. The summed E-state index contributed by atoms with van der Waals surface area (Å²) in [4.78, 5) is 12.3. The van der Waals surface area contributed by atoms with Crippen molar-refractivity contribution in [1.82, 2.24) is 0 Å². The van der Waals surface area contributed by atoms with Crippen molar-refractivity contribution < 1.29 is 17.9 Å². The third kappa shape index (κ3) is 3.66. The summed E-state index contributed by atoms with van der Waals surface area (Å²) >= 11 is 0. The second-order valence-corrected chi connectivity index (χ2v) is 7.09. The number of ether oxygens (including phenoxy) is 1. The number of carbonyl (C=O) groups is 1. The van der Waals surface area contributed by atoms with E-state index in [0.717, 1.165) is 34.2 Å². The van der Waals surface area contributed by atoms with E-state index in [1.165, 1.54) is 5.56 Å². The number of cyclic esters (lactones) is 1. The van der Waals surface area contributed by atoms with Gasteiger partial charge in [-0.2, -0.15) is 0 Å². The summed E-state index contributed by atoms with van der Waals surface area (Å²) in [7, 11) is -2.46. The molecule has 0 N–H and O–H groups in total. The Bertz CT molecular complexity index is 913. The first-order valence-corrected chi connectivity index (χ1v) is 9.57. The number of carbonyl (C=O) groups excluding carboxylic acids is 1. The first kappa shape index (κ1) is 17.4. The molecule has 2 aromatic rings. The fourth-order valence-corrected chi connectivity index (χ4v) is 3.67. The largest absolute Gasteiger partial charge is 0.457 e. The summed E-state index contributed by atoms with van der Waals surface area (Å²) in [6.45, 7) is 4.20. The molecular formula is C20H20O4S. The van der Waals surface area contributed by atoms with Crippen molar-refractivity contribution >= 4 is 27.8 Å². The number of aryl methyl sites for hydroxylation is 2. The molecule has 0 saturated carbocycles. The standard InChI is InChI=1S/C20H20O4S/c1-3-14-4-6-15(7-5-14)19-18(11-24-20(19)21)16-8-9-17(12-25(22)23)13(2)10-16/h4-10,25H,3,11-12H2,1-2H3. The Labute approximate surface area is 149 Å². The number of benzene rings is 2. The molecule has 1 aliphatic heterocycles. The molecule has 0 radical (unpaired) electrons. The fraction of sp³-hybridized carbons (Fsp3) is 0.250. The highest BCUT2D eigenvalue weighted by Crippen LogP contribution is 2.33. The van der Waals surface area contributed by atoms with E-state index in [2.05, 4.69) is 6.92 Å². The van der Waals surface area contributed by atoms with Crippen LogP contribution in [0.3, 0.4) is 0 Å². The minimum absolute atomic E-state index is 0.0290. The first-order valence-electron chi connectivity index (χ1n) is 8.21. The van der Waals surface area contributed by atoms with Crippen LogP contribution in [-0.2, 0) is 32.4 Å². The van der Waals surface area contributed by atoms with E-state index in [0.29, 0.717) is 5.57 Å². The van der Waals surface area contributed by atoms with E-state index in [9.17, 15) is 13.2 Å². The second kappa shape index (κ2) is 7.23. The molecule has 0 aromatic heterocycles. The van der Waals surface area contributed by atoms with Crippen LogP contribution in [-0.4, -0.2) is 21.0 Å². The lowest BCUT2D eigenvalue weighted by atomic mass is 9.94. The number of hydrogen-bond donors (Lipinski definition) is 1. The summed E-state index contributed by atoms with van der Waals surface area (Å²) in [5.41, 5.74) is 6.05. The molecule has 2 aromatic carbocycles. The van der Waals surface area contributed by atoms with Crippen molar-refractivity contribution in [2.24, 2.45) is 0 Å². The molecule has 0 unspecified atom stereocenters. The molecule has 0 aliphatic carbocycles.